The fraction of sp³-hybridized carbons (Fsp3) is 0.185. The van der Waals surface area contributed by atoms with Crippen LogP contribution in [0.2, 0.25) is 0 Å². The Morgan fingerprint density at radius 3 is 2.24 bits per heavy atom. The summed E-state index contributed by atoms with van der Waals surface area (Å²) in [7, 11) is 0. The number of ether oxygens (including phenoxy) is 3. The van der Waals surface area contributed by atoms with Crippen molar-refractivity contribution in [3.63, 3.8) is 0 Å². The van der Waals surface area contributed by atoms with Crippen molar-refractivity contribution in [2.75, 3.05) is 6.61 Å². The molecule has 0 saturated carbocycles. The molecule has 1 saturated heterocycles. The molecule has 5 rings (SSSR count). The molecule has 1 aliphatic heterocycles. The van der Waals surface area contributed by atoms with Crippen LogP contribution in [-0.4, -0.2) is 24.8 Å². The maximum absolute atomic E-state index is 12.4. The van der Waals surface area contributed by atoms with Gasteiger partial charge in [-0.2, -0.15) is 0 Å². The van der Waals surface area contributed by atoms with Gasteiger partial charge in [0.15, 0.2) is 0 Å². The van der Waals surface area contributed by atoms with Gasteiger partial charge in [-0.1, -0.05) is 60.7 Å². The van der Waals surface area contributed by atoms with E-state index in [1.165, 1.54) is 11.1 Å². The maximum atomic E-state index is 12.4. The Bertz CT molecular complexity index is 1220. The number of cyclic esters (lactones) is 1. The van der Waals surface area contributed by atoms with Gasteiger partial charge in [-0.25, -0.2) is 9.59 Å². The summed E-state index contributed by atoms with van der Waals surface area (Å²) in [6.07, 6.45) is -0.231. The zero-order valence-electron chi connectivity index (χ0n) is 18.1. The van der Waals surface area contributed by atoms with E-state index >= 15 is 0 Å². The highest BCUT2D eigenvalue weighted by molar-refractivity contribution is 14.1. The number of hydrogen-bond donors (Lipinski definition) is 1. The molecule has 0 radical (unpaired) electrons. The number of esters is 1. The van der Waals surface area contributed by atoms with E-state index in [9.17, 15) is 9.59 Å². The normalized spacial score (nSPS) is 20.4. The Labute approximate surface area is 210 Å². The van der Waals surface area contributed by atoms with E-state index in [1.54, 1.807) is 28.3 Å². The zero-order valence-corrected chi connectivity index (χ0v) is 20.3. The average molecular weight is 567 g/mol. The molecule has 3 aromatic rings. The first-order chi connectivity index (χ1) is 16.5. The summed E-state index contributed by atoms with van der Waals surface area (Å²) in [5.74, 6) is 0.271. The van der Waals surface area contributed by atoms with Gasteiger partial charge in [0.1, 0.15) is 24.2 Å². The highest BCUT2D eigenvalue weighted by Gasteiger charge is 2.34. The second-order valence-corrected chi connectivity index (χ2v) is 8.91. The summed E-state index contributed by atoms with van der Waals surface area (Å²) in [4.78, 5) is 24.4. The van der Waals surface area contributed by atoms with Gasteiger partial charge in [-0.15, -0.1) is 0 Å². The van der Waals surface area contributed by atoms with Gasteiger partial charge in [0.05, 0.1) is 0 Å². The lowest BCUT2D eigenvalue weighted by Crippen LogP contribution is -2.41. The smallest absolute Gasteiger partial charge is 0.433 e. The number of carbonyl (C=O) groups excluding carboxylic acids is 2. The van der Waals surface area contributed by atoms with Gasteiger partial charge in [-0.3, -0.25) is 0 Å². The lowest BCUT2D eigenvalue weighted by molar-refractivity contribution is -0.144. The molecule has 2 atom stereocenters. The van der Waals surface area contributed by atoms with Crippen molar-refractivity contribution in [1.82, 2.24) is 0 Å². The minimum absolute atomic E-state index is 0.0324. The van der Waals surface area contributed by atoms with Gasteiger partial charge < -0.3 is 19.9 Å². The molecule has 0 aromatic heterocycles. The SMILES string of the molecule is NC1C(=O)OC(=CI)CC1c1ccc(OC(=O)OCC2c3ccccc3-c3ccccc32)cc1. The number of nitrogens with two attached hydrogens (primary N) is 1. The Kier molecular flexibility index (Phi) is 6.38. The highest BCUT2D eigenvalue weighted by Crippen LogP contribution is 2.44. The van der Waals surface area contributed by atoms with Crippen LogP contribution in [-0.2, 0) is 14.3 Å². The van der Waals surface area contributed by atoms with E-state index < -0.39 is 18.2 Å². The van der Waals surface area contributed by atoms with Crippen LogP contribution in [0, 0.1) is 0 Å². The lowest BCUT2D eigenvalue weighted by Gasteiger charge is -2.29. The van der Waals surface area contributed by atoms with Gasteiger partial charge in [0, 0.05) is 22.3 Å². The summed E-state index contributed by atoms with van der Waals surface area (Å²) in [5, 5.41) is 0. The first-order valence-electron chi connectivity index (χ1n) is 10.9. The maximum Gasteiger partial charge on any atom is 0.513 e. The molecule has 0 spiro atoms. The van der Waals surface area contributed by atoms with E-state index in [2.05, 4.69) is 24.3 Å². The van der Waals surface area contributed by atoms with Crippen molar-refractivity contribution in [3.8, 4) is 16.9 Å². The lowest BCUT2D eigenvalue weighted by atomic mass is 9.87. The molecule has 6 nitrogen and oxygen atoms in total. The van der Waals surface area contributed by atoms with Crippen LogP contribution in [0.5, 0.6) is 5.75 Å². The zero-order chi connectivity index (χ0) is 23.7. The molecular formula is C27H22INO5. The van der Waals surface area contributed by atoms with E-state index in [1.807, 2.05) is 46.9 Å². The third kappa shape index (κ3) is 4.33. The number of benzene rings is 3. The van der Waals surface area contributed by atoms with Crippen LogP contribution in [0.3, 0.4) is 0 Å². The second-order valence-electron chi connectivity index (χ2n) is 8.29. The summed E-state index contributed by atoms with van der Waals surface area (Å²) in [6, 6.07) is 22.5. The minimum Gasteiger partial charge on any atom is -0.433 e. The van der Waals surface area contributed by atoms with E-state index in [4.69, 9.17) is 19.9 Å². The molecular weight excluding hydrogens is 545 g/mol. The molecule has 2 N–H and O–H groups in total. The third-order valence-corrected chi connectivity index (χ3v) is 7.01. The first-order valence-corrected chi connectivity index (χ1v) is 12.2. The van der Waals surface area contributed by atoms with Gasteiger partial charge in [0.25, 0.3) is 0 Å². The van der Waals surface area contributed by atoms with E-state index in [-0.39, 0.29) is 18.4 Å². The third-order valence-electron chi connectivity index (χ3n) is 6.32. The second kappa shape index (κ2) is 9.60. The topological polar surface area (TPSA) is 87.9 Å². The first kappa shape index (κ1) is 22.6. The van der Waals surface area contributed by atoms with Crippen molar-refractivity contribution in [1.29, 1.82) is 0 Å². The molecule has 2 unspecified atom stereocenters. The molecule has 1 aliphatic carbocycles. The largest absolute Gasteiger partial charge is 0.513 e. The summed E-state index contributed by atoms with van der Waals surface area (Å²) in [6.45, 7) is 0.190. The Morgan fingerprint density at radius 2 is 1.62 bits per heavy atom. The summed E-state index contributed by atoms with van der Waals surface area (Å²) in [5.41, 5.74) is 11.5. The molecule has 0 bridgehead atoms. The van der Waals surface area contributed by atoms with Gasteiger partial charge in [-0.05, 0) is 62.5 Å². The predicted octanol–water partition coefficient (Wildman–Crippen LogP) is 5.65. The van der Waals surface area contributed by atoms with Crippen LogP contribution in [0.25, 0.3) is 11.1 Å². The van der Waals surface area contributed by atoms with Crippen molar-refractivity contribution >= 4 is 34.7 Å². The molecule has 172 valence electrons. The minimum atomic E-state index is -0.761. The molecule has 1 heterocycles. The Hall–Kier alpha value is -3.17. The van der Waals surface area contributed by atoms with Gasteiger partial charge >= 0.3 is 12.1 Å². The average Bonchev–Trinajstić information content (AvgIpc) is 3.18. The van der Waals surface area contributed by atoms with Crippen LogP contribution in [0.4, 0.5) is 4.79 Å². The molecule has 3 aromatic carbocycles. The van der Waals surface area contributed by atoms with Crippen molar-refractivity contribution < 1.29 is 23.8 Å². The van der Waals surface area contributed by atoms with E-state index in [0.29, 0.717) is 17.9 Å². The van der Waals surface area contributed by atoms with Crippen molar-refractivity contribution in [2.45, 2.75) is 24.3 Å². The number of allylic oxidation sites excluding steroid dienone is 1. The van der Waals surface area contributed by atoms with Crippen LogP contribution in [0.1, 0.15) is 34.9 Å². The molecule has 2 aliphatic rings. The van der Waals surface area contributed by atoms with Crippen LogP contribution >= 0.6 is 22.6 Å². The van der Waals surface area contributed by atoms with Crippen LogP contribution < -0.4 is 10.5 Å². The van der Waals surface area contributed by atoms with E-state index in [0.717, 1.165) is 16.7 Å². The van der Waals surface area contributed by atoms with Crippen LogP contribution in [0.15, 0.2) is 82.6 Å². The fourth-order valence-corrected chi connectivity index (χ4v) is 5.02. The number of halogens is 1. The standard InChI is InChI=1S/C27H22INO5/c28-14-18-13-23(25(29)26(30)33-18)16-9-11-17(12-10-16)34-27(31)32-15-24-21-7-3-1-5-19(21)20-6-2-4-8-22(20)24/h1-12,14,23-25H,13,15,29H2. The Balaban J connectivity index is 1.23. The van der Waals surface area contributed by atoms with Crippen molar-refractivity contribution in [2.24, 2.45) is 5.73 Å². The fourth-order valence-electron chi connectivity index (χ4n) is 4.64. The quantitative estimate of drug-likeness (QED) is 0.249. The number of fused-ring (bicyclic) bond motifs is 3. The van der Waals surface area contributed by atoms with Gasteiger partial charge in [0.2, 0.25) is 0 Å². The monoisotopic (exact) mass is 567 g/mol. The molecule has 0 amide bonds. The highest BCUT2D eigenvalue weighted by atomic mass is 127. The molecule has 34 heavy (non-hydrogen) atoms. The number of rotatable bonds is 4. The number of hydrogen-bond acceptors (Lipinski definition) is 6. The summed E-state index contributed by atoms with van der Waals surface area (Å²) < 4.78 is 17.8. The predicted molar refractivity (Wildman–Crippen MR) is 136 cm³/mol. The Morgan fingerprint density at radius 1 is 1.00 bits per heavy atom. The molecule has 1 fully saturated rings. The summed E-state index contributed by atoms with van der Waals surface area (Å²) >= 11 is 2.04. The number of carbonyl (C=O) groups is 2. The molecule has 7 heteroatoms. The van der Waals surface area contributed by atoms with Crippen molar-refractivity contribution in [3.05, 3.63) is 99.3 Å².